The predicted molar refractivity (Wildman–Crippen MR) is 58.7 cm³/mol. The number of nitrogens with one attached hydrogen (secondary N) is 1. The van der Waals surface area contributed by atoms with Gasteiger partial charge in [-0.15, -0.1) is 0 Å². The minimum atomic E-state index is 0.494. The molecule has 0 saturated carbocycles. The number of nitrogens with zero attached hydrogens (tertiary/aromatic N) is 2. The van der Waals surface area contributed by atoms with E-state index in [4.69, 9.17) is 0 Å². The Morgan fingerprint density at radius 1 is 1.21 bits per heavy atom. The average Bonchev–Trinajstić information content (AvgIpc) is 2.44. The van der Waals surface area contributed by atoms with Gasteiger partial charge in [0.1, 0.15) is 6.17 Å². The molecule has 3 nitrogen and oxygen atoms in total. The summed E-state index contributed by atoms with van der Waals surface area (Å²) in [5.74, 6) is 0. The minimum Gasteiger partial charge on any atom is -0.369 e. The van der Waals surface area contributed by atoms with Gasteiger partial charge in [-0.1, -0.05) is 12.8 Å². The van der Waals surface area contributed by atoms with Crippen molar-refractivity contribution in [1.82, 2.24) is 15.1 Å². The molecule has 3 heteroatoms. The summed E-state index contributed by atoms with van der Waals surface area (Å²) >= 11 is 0. The van der Waals surface area contributed by atoms with Crippen LogP contribution in [-0.2, 0) is 0 Å². The van der Waals surface area contributed by atoms with Crippen LogP contribution in [0.1, 0.15) is 25.7 Å². The Morgan fingerprint density at radius 3 is 2.50 bits per heavy atom. The molecule has 0 radical (unpaired) electrons. The molecule has 1 fully saturated rings. The molecule has 80 valence electrons. The molecule has 0 bridgehead atoms. The molecule has 0 aromatic rings. The first-order chi connectivity index (χ1) is 6.86. The number of likely N-dealkylation sites (tertiary alicyclic amines) is 1. The van der Waals surface area contributed by atoms with E-state index in [1.54, 1.807) is 0 Å². The van der Waals surface area contributed by atoms with Crippen LogP contribution in [0.25, 0.3) is 0 Å². The van der Waals surface area contributed by atoms with E-state index in [0.29, 0.717) is 6.17 Å². The highest BCUT2D eigenvalue weighted by atomic mass is 15.3. The fraction of sp³-hybridized carbons (Fsp3) is 0.818. The third-order valence-electron chi connectivity index (χ3n) is 3.22. The van der Waals surface area contributed by atoms with Gasteiger partial charge in [0, 0.05) is 26.0 Å². The van der Waals surface area contributed by atoms with Crippen molar-refractivity contribution in [3.8, 4) is 0 Å². The first kappa shape index (κ1) is 9.84. The lowest BCUT2D eigenvalue weighted by atomic mass is 10.2. The number of rotatable bonds is 2. The maximum Gasteiger partial charge on any atom is 0.111 e. The number of hydrogen-bond acceptors (Lipinski definition) is 3. The third-order valence-corrected chi connectivity index (χ3v) is 3.22. The molecular weight excluding hydrogens is 174 g/mol. The molecule has 1 N–H and O–H groups in total. The van der Waals surface area contributed by atoms with E-state index >= 15 is 0 Å². The van der Waals surface area contributed by atoms with Gasteiger partial charge in [0.15, 0.2) is 0 Å². The van der Waals surface area contributed by atoms with Gasteiger partial charge in [-0.05, 0) is 25.9 Å². The molecule has 0 aromatic heterocycles. The van der Waals surface area contributed by atoms with Crippen molar-refractivity contribution in [1.29, 1.82) is 0 Å². The molecule has 2 aliphatic heterocycles. The van der Waals surface area contributed by atoms with Crippen molar-refractivity contribution in [3.63, 3.8) is 0 Å². The quantitative estimate of drug-likeness (QED) is 0.714. The molecule has 1 saturated heterocycles. The normalized spacial score (nSPS) is 28.9. The van der Waals surface area contributed by atoms with Gasteiger partial charge >= 0.3 is 0 Å². The van der Waals surface area contributed by atoms with Crippen LogP contribution in [-0.4, -0.2) is 42.6 Å². The molecule has 2 rings (SSSR count). The van der Waals surface area contributed by atoms with Crippen LogP contribution in [0.15, 0.2) is 12.4 Å². The molecule has 0 amide bonds. The summed E-state index contributed by atoms with van der Waals surface area (Å²) in [4.78, 5) is 4.85. The van der Waals surface area contributed by atoms with Crippen molar-refractivity contribution in [3.05, 3.63) is 12.4 Å². The SMILES string of the molecule is CN1C=CNC1CN1CCCCCC1. The zero-order valence-corrected chi connectivity index (χ0v) is 9.08. The highest BCUT2D eigenvalue weighted by Gasteiger charge is 2.18. The van der Waals surface area contributed by atoms with Crippen molar-refractivity contribution < 1.29 is 0 Å². The van der Waals surface area contributed by atoms with Gasteiger partial charge in [0.25, 0.3) is 0 Å². The lowest BCUT2D eigenvalue weighted by Crippen LogP contribution is -2.44. The van der Waals surface area contributed by atoms with E-state index < -0.39 is 0 Å². The Morgan fingerprint density at radius 2 is 1.93 bits per heavy atom. The van der Waals surface area contributed by atoms with E-state index in [-0.39, 0.29) is 0 Å². The number of hydrogen-bond donors (Lipinski definition) is 1. The minimum absolute atomic E-state index is 0.494. The largest absolute Gasteiger partial charge is 0.369 e. The van der Waals surface area contributed by atoms with E-state index in [2.05, 4.69) is 28.4 Å². The van der Waals surface area contributed by atoms with Gasteiger partial charge in [0.2, 0.25) is 0 Å². The Labute approximate surface area is 86.8 Å². The first-order valence-electron chi connectivity index (χ1n) is 5.73. The van der Waals surface area contributed by atoms with E-state index in [1.807, 2.05) is 6.20 Å². The van der Waals surface area contributed by atoms with Gasteiger partial charge in [0.05, 0.1) is 0 Å². The summed E-state index contributed by atoms with van der Waals surface area (Å²) in [5.41, 5.74) is 0. The molecule has 1 atom stereocenters. The summed E-state index contributed by atoms with van der Waals surface area (Å²) in [6.45, 7) is 3.72. The summed E-state index contributed by atoms with van der Waals surface area (Å²) in [6.07, 6.45) is 10.2. The maximum absolute atomic E-state index is 3.38. The van der Waals surface area contributed by atoms with Crippen LogP contribution in [0.3, 0.4) is 0 Å². The van der Waals surface area contributed by atoms with Crippen molar-refractivity contribution in [2.45, 2.75) is 31.8 Å². The molecular formula is C11H21N3. The molecule has 2 heterocycles. The van der Waals surface area contributed by atoms with E-state index in [1.165, 1.54) is 38.8 Å². The maximum atomic E-state index is 3.38. The second-order valence-corrected chi connectivity index (χ2v) is 4.38. The summed E-state index contributed by atoms with van der Waals surface area (Å²) < 4.78 is 0. The molecule has 0 aliphatic carbocycles. The van der Waals surface area contributed by atoms with Crippen LogP contribution in [0, 0.1) is 0 Å². The van der Waals surface area contributed by atoms with Crippen LogP contribution < -0.4 is 5.32 Å². The molecule has 0 aromatic carbocycles. The van der Waals surface area contributed by atoms with Crippen LogP contribution in [0.4, 0.5) is 0 Å². The second-order valence-electron chi connectivity index (χ2n) is 4.38. The zero-order chi connectivity index (χ0) is 9.80. The molecule has 1 unspecified atom stereocenters. The Hall–Kier alpha value is -0.700. The van der Waals surface area contributed by atoms with E-state index in [0.717, 1.165) is 6.54 Å². The Balaban J connectivity index is 1.78. The van der Waals surface area contributed by atoms with Gasteiger partial charge < -0.3 is 10.2 Å². The monoisotopic (exact) mass is 195 g/mol. The summed E-state index contributed by atoms with van der Waals surface area (Å²) in [7, 11) is 2.14. The third kappa shape index (κ3) is 2.41. The number of likely N-dealkylation sites (N-methyl/N-ethyl adjacent to an activating group) is 1. The highest BCUT2D eigenvalue weighted by Crippen LogP contribution is 2.11. The van der Waals surface area contributed by atoms with E-state index in [9.17, 15) is 0 Å². The Bertz CT molecular complexity index is 195. The van der Waals surface area contributed by atoms with Crippen LogP contribution in [0.2, 0.25) is 0 Å². The summed E-state index contributed by atoms with van der Waals surface area (Å²) in [5, 5.41) is 3.38. The van der Waals surface area contributed by atoms with Gasteiger partial charge in [-0.3, -0.25) is 4.90 Å². The Kier molecular flexibility index (Phi) is 3.30. The lowest BCUT2D eigenvalue weighted by Gasteiger charge is -2.28. The van der Waals surface area contributed by atoms with Crippen molar-refractivity contribution in [2.75, 3.05) is 26.7 Å². The predicted octanol–water partition coefficient (Wildman–Crippen LogP) is 1.19. The van der Waals surface area contributed by atoms with Gasteiger partial charge in [-0.25, -0.2) is 0 Å². The molecule has 0 spiro atoms. The smallest absolute Gasteiger partial charge is 0.111 e. The lowest BCUT2D eigenvalue weighted by molar-refractivity contribution is 0.199. The van der Waals surface area contributed by atoms with Crippen molar-refractivity contribution in [2.24, 2.45) is 0 Å². The highest BCUT2D eigenvalue weighted by molar-refractivity contribution is 4.93. The zero-order valence-electron chi connectivity index (χ0n) is 9.08. The molecule has 2 aliphatic rings. The summed E-state index contributed by atoms with van der Waals surface area (Å²) in [6, 6.07) is 0. The molecule has 14 heavy (non-hydrogen) atoms. The topological polar surface area (TPSA) is 18.5 Å². The second kappa shape index (κ2) is 4.69. The fourth-order valence-electron chi connectivity index (χ4n) is 2.24. The van der Waals surface area contributed by atoms with Crippen molar-refractivity contribution >= 4 is 0 Å². The van der Waals surface area contributed by atoms with Crippen LogP contribution >= 0.6 is 0 Å². The average molecular weight is 195 g/mol. The van der Waals surface area contributed by atoms with Crippen LogP contribution in [0.5, 0.6) is 0 Å². The standard InChI is InChI=1S/C11H21N3/c1-13-9-6-12-11(13)10-14-7-4-2-3-5-8-14/h6,9,11-12H,2-5,7-8,10H2,1H3. The first-order valence-corrected chi connectivity index (χ1v) is 5.73. The fourth-order valence-corrected chi connectivity index (χ4v) is 2.24. The van der Waals surface area contributed by atoms with Gasteiger partial charge in [-0.2, -0.15) is 0 Å².